The van der Waals surface area contributed by atoms with Crippen molar-refractivity contribution in [2.45, 2.75) is 19.7 Å². The molecule has 220 valence electrons. The van der Waals surface area contributed by atoms with Crippen molar-refractivity contribution >= 4 is 51.4 Å². The first-order valence-corrected chi connectivity index (χ1v) is 14.0. The van der Waals surface area contributed by atoms with Gasteiger partial charge in [0.1, 0.15) is 13.2 Å². The van der Waals surface area contributed by atoms with Crippen molar-refractivity contribution in [3.63, 3.8) is 0 Å². The van der Waals surface area contributed by atoms with Crippen LogP contribution in [0.1, 0.15) is 23.6 Å². The third-order valence-electron chi connectivity index (χ3n) is 6.48. The van der Waals surface area contributed by atoms with Crippen LogP contribution in [0.3, 0.4) is 0 Å². The molecule has 1 saturated heterocycles. The van der Waals surface area contributed by atoms with Gasteiger partial charge in [0.25, 0.3) is 11.1 Å². The van der Waals surface area contributed by atoms with Gasteiger partial charge in [-0.3, -0.25) is 19.3 Å². The first kappa shape index (κ1) is 29.7. The van der Waals surface area contributed by atoms with Gasteiger partial charge in [0, 0.05) is 5.69 Å². The molecule has 0 saturated carbocycles. The summed E-state index contributed by atoms with van der Waals surface area (Å²) in [4.78, 5) is 38.8. The maximum absolute atomic E-state index is 13.0. The highest BCUT2D eigenvalue weighted by molar-refractivity contribution is 8.18. The van der Waals surface area contributed by atoms with Crippen LogP contribution >= 0.6 is 11.8 Å². The molecular formula is C32H25F3N2O5S. The molecule has 43 heavy (non-hydrogen) atoms. The summed E-state index contributed by atoms with van der Waals surface area (Å²) in [5.74, 6) is -0.542. The Hall–Kier alpha value is -4.77. The summed E-state index contributed by atoms with van der Waals surface area (Å²) in [6.45, 7) is 1.86. The Labute approximate surface area is 249 Å². The summed E-state index contributed by atoms with van der Waals surface area (Å²) >= 11 is 0.660. The second-order valence-electron chi connectivity index (χ2n) is 9.46. The second-order valence-corrected chi connectivity index (χ2v) is 10.5. The summed E-state index contributed by atoms with van der Waals surface area (Å²) < 4.78 is 50.8. The van der Waals surface area contributed by atoms with Gasteiger partial charge >= 0.3 is 6.18 Å². The van der Waals surface area contributed by atoms with Crippen molar-refractivity contribution in [3.8, 4) is 11.5 Å². The minimum absolute atomic E-state index is 0.0868. The predicted octanol–water partition coefficient (Wildman–Crippen LogP) is 7.51. The molecule has 0 aromatic heterocycles. The van der Waals surface area contributed by atoms with Crippen molar-refractivity contribution < 1.29 is 37.0 Å². The number of carbonyl (C=O) groups is 3. The molecule has 0 bridgehead atoms. The second kappa shape index (κ2) is 12.6. The lowest BCUT2D eigenvalue weighted by Crippen LogP contribution is -2.36. The SMILES string of the molecule is CCOc1cc(/C=C2\SC(=O)N(CC(=O)Nc3cccc(C(F)(F)F)c3)C2=O)ccc1OCc1cccc2ccccc12. The van der Waals surface area contributed by atoms with Gasteiger partial charge in [0.15, 0.2) is 11.5 Å². The van der Waals surface area contributed by atoms with Gasteiger partial charge in [-0.2, -0.15) is 13.2 Å². The van der Waals surface area contributed by atoms with E-state index < -0.39 is 35.3 Å². The molecule has 5 rings (SSSR count). The fourth-order valence-corrected chi connectivity index (χ4v) is 5.32. The maximum Gasteiger partial charge on any atom is 0.416 e. The van der Waals surface area contributed by atoms with E-state index in [0.717, 1.165) is 39.4 Å². The van der Waals surface area contributed by atoms with Crippen LogP contribution in [0.15, 0.2) is 89.8 Å². The zero-order valence-electron chi connectivity index (χ0n) is 22.8. The third-order valence-corrected chi connectivity index (χ3v) is 7.38. The monoisotopic (exact) mass is 606 g/mol. The predicted molar refractivity (Wildman–Crippen MR) is 159 cm³/mol. The standard InChI is InChI=1S/C32H25F3N2O5S/c1-2-41-27-15-20(13-14-26(27)42-19-22-9-5-8-21-7-3-4-12-25(21)22)16-28-30(39)37(31(40)43-28)18-29(38)36-24-11-6-10-23(17-24)32(33,34)35/h3-17H,2,18-19H2,1H3,(H,36,38)/b28-16-. The van der Waals surface area contributed by atoms with Crippen LogP contribution in [0.2, 0.25) is 0 Å². The van der Waals surface area contributed by atoms with Crippen molar-refractivity contribution in [3.05, 3.63) is 107 Å². The van der Waals surface area contributed by atoms with E-state index in [9.17, 15) is 27.6 Å². The first-order chi connectivity index (χ1) is 20.6. The number of alkyl halides is 3. The largest absolute Gasteiger partial charge is 0.490 e. The lowest BCUT2D eigenvalue weighted by molar-refractivity contribution is -0.137. The summed E-state index contributed by atoms with van der Waals surface area (Å²) in [5.41, 5.74) is 0.541. The number of thioether (sulfide) groups is 1. The summed E-state index contributed by atoms with van der Waals surface area (Å²) in [7, 11) is 0. The molecule has 0 spiro atoms. The average molecular weight is 607 g/mol. The molecular weight excluding hydrogens is 581 g/mol. The molecule has 3 amide bonds. The fraction of sp³-hybridized carbons (Fsp3) is 0.156. The van der Waals surface area contributed by atoms with Gasteiger partial charge in [-0.05, 0) is 77.0 Å². The Morgan fingerprint density at radius 2 is 1.70 bits per heavy atom. The van der Waals surface area contributed by atoms with E-state index in [-0.39, 0.29) is 10.6 Å². The lowest BCUT2D eigenvalue weighted by Gasteiger charge is -2.14. The molecule has 0 radical (unpaired) electrons. The Balaban J connectivity index is 1.27. The molecule has 0 unspecified atom stereocenters. The summed E-state index contributed by atoms with van der Waals surface area (Å²) in [5, 5.41) is 3.82. The van der Waals surface area contributed by atoms with Crippen LogP contribution < -0.4 is 14.8 Å². The average Bonchev–Trinajstić information content (AvgIpc) is 3.23. The molecule has 1 heterocycles. The van der Waals surface area contributed by atoms with E-state index in [1.165, 1.54) is 12.1 Å². The van der Waals surface area contributed by atoms with E-state index >= 15 is 0 Å². The number of hydrogen-bond acceptors (Lipinski definition) is 6. The van der Waals surface area contributed by atoms with E-state index in [2.05, 4.69) is 5.32 Å². The highest BCUT2D eigenvalue weighted by atomic mass is 32.2. The van der Waals surface area contributed by atoms with Crippen molar-refractivity contribution in [1.29, 1.82) is 0 Å². The number of nitrogens with zero attached hydrogens (tertiary/aromatic N) is 1. The minimum Gasteiger partial charge on any atom is -0.490 e. The van der Waals surface area contributed by atoms with Crippen molar-refractivity contribution in [2.75, 3.05) is 18.5 Å². The van der Waals surface area contributed by atoms with Crippen LogP contribution in [0.5, 0.6) is 11.5 Å². The molecule has 11 heteroatoms. The zero-order chi connectivity index (χ0) is 30.6. The van der Waals surface area contributed by atoms with Gasteiger partial charge in [-0.25, -0.2) is 0 Å². The van der Waals surface area contributed by atoms with Crippen molar-refractivity contribution in [1.82, 2.24) is 4.90 Å². The molecule has 0 aliphatic carbocycles. The van der Waals surface area contributed by atoms with E-state index in [4.69, 9.17) is 9.47 Å². The molecule has 1 aliphatic rings. The molecule has 4 aromatic rings. The highest BCUT2D eigenvalue weighted by Crippen LogP contribution is 2.35. The Bertz CT molecular complexity index is 1730. The maximum atomic E-state index is 13.0. The third kappa shape index (κ3) is 7.00. The molecule has 1 fully saturated rings. The zero-order valence-corrected chi connectivity index (χ0v) is 23.6. The number of ether oxygens (including phenoxy) is 2. The van der Waals surface area contributed by atoms with Gasteiger partial charge in [-0.1, -0.05) is 54.6 Å². The van der Waals surface area contributed by atoms with Gasteiger partial charge in [0.05, 0.1) is 17.1 Å². The number of rotatable bonds is 9. The number of hydrogen-bond donors (Lipinski definition) is 1. The van der Waals surface area contributed by atoms with Crippen LogP contribution in [0, 0.1) is 0 Å². The Kier molecular flexibility index (Phi) is 8.72. The van der Waals surface area contributed by atoms with E-state index in [1.54, 1.807) is 18.2 Å². The summed E-state index contributed by atoms with van der Waals surface area (Å²) in [6, 6.07) is 23.2. The minimum atomic E-state index is -4.58. The quantitative estimate of drug-likeness (QED) is 0.199. The molecule has 7 nitrogen and oxygen atoms in total. The molecule has 0 atom stereocenters. The Morgan fingerprint density at radius 1 is 0.930 bits per heavy atom. The fourth-order valence-electron chi connectivity index (χ4n) is 4.48. The summed E-state index contributed by atoms with van der Waals surface area (Å²) in [6.07, 6.45) is -3.08. The highest BCUT2D eigenvalue weighted by Gasteiger charge is 2.36. The number of carbonyl (C=O) groups excluding carboxylic acids is 3. The molecule has 4 aromatic carbocycles. The normalized spacial score (nSPS) is 14.4. The van der Waals surface area contributed by atoms with E-state index in [1.807, 2.05) is 49.4 Å². The number of anilines is 1. The molecule has 1 N–H and O–H groups in total. The van der Waals surface area contributed by atoms with Crippen LogP contribution in [-0.2, 0) is 22.4 Å². The van der Waals surface area contributed by atoms with Crippen LogP contribution in [0.25, 0.3) is 16.8 Å². The Morgan fingerprint density at radius 3 is 2.49 bits per heavy atom. The molecule has 1 aliphatic heterocycles. The number of fused-ring (bicyclic) bond motifs is 1. The van der Waals surface area contributed by atoms with Gasteiger partial charge < -0.3 is 14.8 Å². The first-order valence-electron chi connectivity index (χ1n) is 13.2. The number of amides is 3. The smallest absolute Gasteiger partial charge is 0.416 e. The van der Waals surface area contributed by atoms with Crippen molar-refractivity contribution in [2.24, 2.45) is 0 Å². The number of nitrogens with one attached hydrogen (secondary N) is 1. The van der Waals surface area contributed by atoms with Crippen LogP contribution in [-0.4, -0.2) is 35.1 Å². The van der Waals surface area contributed by atoms with Gasteiger partial charge in [0.2, 0.25) is 5.91 Å². The number of halogens is 3. The lowest BCUT2D eigenvalue weighted by atomic mass is 10.1. The van der Waals surface area contributed by atoms with Gasteiger partial charge in [-0.15, -0.1) is 0 Å². The number of imide groups is 1. The van der Waals surface area contributed by atoms with E-state index in [0.29, 0.717) is 42.0 Å². The number of benzene rings is 4. The van der Waals surface area contributed by atoms with Crippen LogP contribution in [0.4, 0.5) is 23.7 Å². The topological polar surface area (TPSA) is 84.9 Å².